The van der Waals surface area contributed by atoms with E-state index >= 15 is 0 Å². The first-order valence-electron chi connectivity index (χ1n) is 7.54. The van der Waals surface area contributed by atoms with E-state index in [4.69, 9.17) is 5.73 Å². The Morgan fingerprint density at radius 1 is 1.16 bits per heavy atom. The summed E-state index contributed by atoms with van der Waals surface area (Å²) in [6.07, 6.45) is 2.91. The summed E-state index contributed by atoms with van der Waals surface area (Å²) in [5, 5.41) is 0. The molecular formula is C16H25N3. The largest absolute Gasteiger partial charge is 0.368 e. The average molecular weight is 259 g/mol. The highest BCUT2D eigenvalue weighted by atomic mass is 15.3. The third-order valence-electron chi connectivity index (χ3n) is 4.44. The minimum Gasteiger partial charge on any atom is -0.368 e. The fourth-order valence-corrected chi connectivity index (χ4v) is 3.16. The summed E-state index contributed by atoms with van der Waals surface area (Å²) < 4.78 is 0. The van der Waals surface area contributed by atoms with Crippen molar-refractivity contribution in [2.75, 3.05) is 37.6 Å². The number of para-hydroxylation sites is 1. The predicted octanol–water partition coefficient (Wildman–Crippen LogP) is 1.99. The molecule has 1 aliphatic carbocycles. The fourth-order valence-electron chi connectivity index (χ4n) is 3.16. The standard InChI is InChI=1S/C16H25N3/c1-13-3-2-4-15(11-17)16(13)19-9-7-18(8-10-19)12-14-5-6-14/h2-4,14H,5-12,17H2,1H3. The van der Waals surface area contributed by atoms with Crippen LogP contribution in [0.25, 0.3) is 0 Å². The summed E-state index contributed by atoms with van der Waals surface area (Å²) in [6.45, 7) is 8.86. The Hall–Kier alpha value is -1.06. The van der Waals surface area contributed by atoms with Crippen molar-refractivity contribution in [3.63, 3.8) is 0 Å². The monoisotopic (exact) mass is 259 g/mol. The molecule has 19 heavy (non-hydrogen) atoms. The molecule has 2 aliphatic rings. The van der Waals surface area contributed by atoms with Crippen LogP contribution in [0, 0.1) is 12.8 Å². The predicted molar refractivity (Wildman–Crippen MR) is 80.4 cm³/mol. The van der Waals surface area contributed by atoms with Gasteiger partial charge in [-0.1, -0.05) is 18.2 Å². The molecule has 0 atom stereocenters. The number of benzene rings is 1. The Morgan fingerprint density at radius 2 is 1.89 bits per heavy atom. The lowest BCUT2D eigenvalue weighted by Gasteiger charge is -2.37. The van der Waals surface area contributed by atoms with E-state index in [1.165, 1.54) is 49.3 Å². The van der Waals surface area contributed by atoms with Crippen LogP contribution in [0.5, 0.6) is 0 Å². The van der Waals surface area contributed by atoms with Crippen molar-refractivity contribution in [1.82, 2.24) is 4.90 Å². The summed E-state index contributed by atoms with van der Waals surface area (Å²) in [4.78, 5) is 5.16. The van der Waals surface area contributed by atoms with Crippen LogP contribution in [0.2, 0.25) is 0 Å². The maximum absolute atomic E-state index is 5.89. The van der Waals surface area contributed by atoms with Gasteiger partial charge in [-0.2, -0.15) is 0 Å². The summed E-state index contributed by atoms with van der Waals surface area (Å²) in [5.74, 6) is 1.00. The third-order valence-corrected chi connectivity index (χ3v) is 4.44. The summed E-state index contributed by atoms with van der Waals surface area (Å²) in [6, 6.07) is 6.48. The number of nitrogens with two attached hydrogens (primary N) is 1. The van der Waals surface area contributed by atoms with Crippen LogP contribution in [0.4, 0.5) is 5.69 Å². The van der Waals surface area contributed by atoms with Gasteiger partial charge in [0.15, 0.2) is 0 Å². The van der Waals surface area contributed by atoms with Gasteiger partial charge >= 0.3 is 0 Å². The van der Waals surface area contributed by atoms with Crippen LogP contribution in [0.15, 0.2) is 18.2 Å². The lowest BCUT2D eigenvalue weighted by molar-refractivity contribution is 0.248. The molecule has 3 rings (SSSR count). The molecule has 0 radical (unpaired) electrons. The van der Waals surface area contributed by atoms with E-state index in [0.717, 1.165) is 19.0 Å². The van der Waals surface area contributed by atoms with Gasteiger partial charge < -0.3 is 10.6 Å². The average Bonchev–Trinajstić information content (AvgIpc) is 3.23. The molecule has 0 aromatic heterocycles. The number of piperazine rings is 1. The van der Waals surface area contributed by atoms with Crippen molar-refractivity contribution in [3.8, 4) is 0 Å². The number of aryl methyl sites for hydroxylation is 1. The molecule has 1 saturated heterocycles. The molecule has 1 saturated carbocycles. The van der Waals surface area contributed by atoms with Crippen molar-refractivity contribution in [2.45, 2.75) is 26.3 Å². The van der Waals surface area contributed by atoms with E-state index in [0.29, 0.717) is 6.54 Å². The molecule has 0 unspecified atom stereocenters. The topological polar surface area (TPSA) is 32.5 Å². The molecule has 2 N–H and O–H groups in total. The van der Waals surface area contributed by atoms with Crippen LogP contribution in [-0.2, 0) is 6.54 Å². The van der Waals surface area contributed by atoms with Crippen LogP contribution < -0.4 is 10.6 Å². The van der Waals surface area contributed by atoms with Gasteiger partial charge in [0, 0.05) is 45.0 Å². The van der Waals surface area contributed by atoms with E-state index in [1.807, 2.05) is 0 Å². The zero-order chi connectivity index (χ0) is 13.2. The van der Waals surface area contributed by atoms with Crippen molar-refractivity contribution in [3.05, 3.63) is 29.3 Å². The lowest BCUT2D eigenvalue weighted by Crippen LogP contribution is -2.47. The molecular weight excluding hydrogens is 234 g/mol. The maximum atomic E-state index is 5.89. The van der Waals surface area contributed by atoms with Gasteiger partial charge in [0.05, 0.1) is 0 Å². The molecule has 1 aliphatic heterocycles. The van der Waals surface area contributed by atoms with Crippen molar-refractivity contribution in [2.24, 2.45) is 11.7 Å². The van der Waals surface area contributed by atoms with E-state index in [1.54, 1.807) is 0 Å². The Balaban J connectivity index is 1.67. The minimum atomic E-state index is 0.638. The highest BCUT2D eigenvalue weighted by molar-refractivity contribution is 5.59. The number of anilines is 1. The number of hydrogen-bond donors (Lipinski definition) is 1. The van der Waals surface area contributed by atoms with E-state index in [9.17, 15) is 0 Å². The normalized spacial score (nSPS) is 20.8. The maximum Gasteiger partial charge on any atom is 0.0442 e. The first-order chi connectivity index (χ1) is 9.28. The van der Waals surface area contributed by atoms with Crippen molar-refractivity contribution < 1.29 is 0 Å². The van der Waals surface area contributed by atoms with Crippen molar-refractivity contribution in [1.29, 1.82) is 0 Å². The Bertz CT molecular complexity index is 432. The number of nitrogens with zero attached hydrogens (tertiary/aromatic N) is 2. The van der Waals surface area contributed by atoms with Gasteiger partial charge in [0.25, 0.3) is 0 Å². The smallest absolute Gasteiger partial charge is 0.0442 e. The Kier molecular flexibility index (Phi) is 3.76. The molecule has 1 heterocycles. The molecule has 1 aromatic rings. The van der Waals surface area contributed by atoms with Gasteiger partial charge in [-0.05, 0) is 36.8 Å². The van der Waals surface area contributed by atoms with Gasteiger partial charge in [-0.25, -0.2) is 0 Å². The highest BCUT2D eigenvalue weighted by Gasteiger charge is 2.27. The van der Waals surface area contributed by atoms with Gasteiger partial charge in [0.1, 0.15) is 0 Å². The molecule has 0 spiro atoms. The van der Waals surface area contributed by atoms with Gasteiger partial charge in [-0.15, -0.1) is 0 Å². The zero-order valence-corrected chi connectivity index (χ0v) is 11.9. The van der Waals surface area contributed by atoms with E-state index in [2.05, 4.69) is 34.9 Å². The van der Waals surface area contributed by atoms with Gasteiger partial charge in [0.2, 0.25) is 0 Å². The van der Waals surface area contributed by atoms with Crippen molar-refractivity contribution >= 4 is 5.69 Å². The molecule has 104 valence electrons. The first-order valence-corrected chi connectivity index (χ1v) is 7.54. The van der Waals surface area contributed by atoms with Gasteiger partial charge in [-0.3, -0.25) is 4.90 Å². The highest BCUT2D eigenvalue weighted by Crippen LogP contribution is 2.31. The second kappa shape index (κ2) is 5.51. The number of hydrogen-bond acceptors (Lipinski definition) is 3. The van der Waals surface area contributed by atoms with Crippen LogP contribution in [0.3, 0.4) is 0 Å². The summed E-state index contributed by atoms with van der Waals surface area (Å²) in [7, 11) is 0. The van der Waals surface area contributed by atoms with Crippen LogP contribution >= 0.6 is 0 Å². The second-order valence-corrected chi connectivity index (χ2v) is 6.02. The van der Waals surface area contributed by atoms with Crippen LogP contribution in [-0.4, -0.2) is 37.6 Å². The molecule has 3 nitrogen and oxygen atoms in total. The van der Waals surface area contributed by atoms with E-state index in [-0.39, 0.29) is 0 Å². The quantitative estimate of drug-likeness (QED) is 0.897. The Morgan fingerprint density at radius 3 is 2.53 bits per heavy atom. The molecule has 0 bridgehead atoms. The lowest BCUT2D eigenvalue weighted by atomic mass is 10.1. The number of rotatable bonds is 4. The third kappa shape index (κ3) is 2.93. The summed E-state index contributed by atoms with van der Waals surface area (Å²) in [5.41, 5.74) is 9.92. The fraction of sp³-hybridized carbons (Fsp3) is 0.625. The molecule has 2 fully saturated rings. The molecule has 3 heteroatoms. The second-order valence-electron chi connectivity index (χ2n) is 6.02. The van der Waals surface area contributed by atoms with Crippen LogP contribution in [0.1, 0.15) is 24.0 Å². The molecule has 1 aromatic carbocycles. The first kappa shape index (κ1) is 12.9. The van der Waals surface area contributed by atoms with E-state index < -0.39 is 0 Å². The SMILES string of the molecule is Cc1cccc(CN)c1N1CCN(CC2CC2)CC1. The zero-order valence-electron chi connectivity index (χ0n) is 11.9. The summed E-state index contributed by atoms with van der Waals surface area (Å²) >= 11 is 0. The molecule has 0 amide bonds. The Labute approximate surface area is 116 Å². The minimum absolute atomic E-state index is 0.638.